The molecular formula is C16H21N. The van der Waals surface area contributed by atoms with Gasteiger partial charge in [-0.15, -0.1) is 0 Å². The van der Waals surface area contributed by atoms with Crippen LogP contribution in [0.2, 0.25) is 0 Å². The fourth-order valence-electron chi connectivity index (χ4n) is 3.58. The van der Waals surface area contributed by atoms with E-state index in [-0.39, 0.29) is 0 Å². The van der Waals surface area contributed by atoms with Crippen LogP contribution in [0.4, 0.5) is 0 Å². The van der Waals surface area contributed by atoms with E-state index in [0.29, 0.717) is 5.41 Å². The molecule has 1 aliphatic carbocycles. The number of benzene rings is 1. The number of allylic oxidation sites excluding steroid dienone is 1. The van der Waals surface area contributed by atoms with E-state index in [1.165, 1.54) is 61.9 Å². The monoisotopic (exact) mass is 227 g/mol. The number of nitrogens with one attached hydrogen (secondary N) is 1. The van der Waals surface area contributed by atoms with Gasteiger partial charge in [0.25, 0.3) is 0 Å². The molecule has 1 heterocycles. The molecule has 0 aromatic heterocycles. The van der Waals surface area contributed by atoms with Crippen LogP contribution >= 0.6 is 0 Å². The maximum absolute atomic E-state index is 4.32. The number of hydrogen-bond acceptors (Lipinski definition) is 1. The summed E-state index contributed by atoms with van der Waals surface area (Å²) in [6, 6.07) is 8.83. The molecule has 0 radical (unpaired) electrons. The van der Waals surface area contributed by atoms with Crippen molar-refractivity contribution in [2.24, 2.45) is 5.41 Å². The van der Waals surface area contributed by atoms with E-state index in [1.54, 1.807) is 0 Å². The minimum absolute atomic E-state index is 0.495. The Kier molecular flexibility index (Phi) is 2.79. The molecule has 1 N–H and O–H groups in total. The van der Waals surface area contributed by atoms with Gasteiger partial charge < -0.3 is 5.32 Å². The van der Waals surface area contributed by atoms with Crippen molar-refractivity contribution < 1.29 is 0 Å². The Balaban J connectivity index is 1.94. The standard InChI is InChI=1S/C16H21N/c1-13-11-16(7-4-9-17-10-8-16)12-14-5-2-3-6-15(13)14/h2-3,5-6,17H,1,4,7-12H2. The zero-order valence-corrected chi connectivity index (χ0v) is 10.5. The highest BCUT2D eigenvalue weighted by Crippen LogP contribution is 2.46. The first-order valence-corrected chi connectivity index (χ1v) is 6.76. The third-order valence-electron chi connectivity index (χ3n) is 4.44. The largest absolute Gasteiger partial charge is 0.317 e. The Morgan fingerprint density at radius 2 is 1.94 bits per heavy atom. The first-order chi connectivity index (χ1) is 8.29. The quantitative estimate of drug-likeness (QED) is 0.716. The molecule has 90 valence electrons. The Bertz CT molecular complexity index is 425. The lowest BCUT2D eigenvalue weighted by Gasteiger charge is -2.38. The second-order valence-corrected chi connectivity index (χ2v) is 5.72. The molecule has 1 nitrogen and oxygen atoms in total. The average Bonchev–Trinajstić information content (AvgIpc) is 2.55. The van der Waals surface area contributed by atoms with E-state index in [0.717, 1.165) is 0 Å². The predicted octanol–water partition coefficient (Wildman–Crippen LogP) is 3.41. The van der Waals surface area contributed by atoms with Gasteiger partial charge in [-0.3, -0.25) is 0 Å². The summed E-state index contributed by atoms with van der Waals surface area (Å²) in [5.74, 6) is 0. The van der Waals surface area contributed by atoms with E-state index in [2.05, 4.69) is 36.2 Å². The zero-order chi connectivity index (χ0) is 11.7. The fourth-order valence-corrected chi connectivity index (χ4v) is 3.58. The Labute approximate surface area is 104 Å². The van der Waals surface area contributed by atoms with Gasteiger partial charge in [0, 0.05) is 0 Å². The predicted molar refractivity (Wildman–Crippen MR) is 73.0 cm³/mol. The molecule has 3 rings (SSSR count). The summed E-state index contributed by atoms with van der Waals surface area (Å²) in [6.07, 6.45) is 6.43. The molecule has 1 heteroatoms. The Morgan fingerprint density at radius 3 is 2.88 bits per heavy atom. The van der Waals surface area contributed by atoms with E-state index >= 15 is 0 Å². The first-order valence-electron chi connectivity index (χ1n) is 6.76. The van der Waals surface area contributed by atoms with Gasteiger partial charge in [-0.25, -0.2) is 0 Å². The first kappa shape index (κ1) is 11.0. The van der Waals surface area contributed by atoms with Gasteiger partial charge in [-0.1, -0.05) is 30.8 Å². The highest BCUT2D eigenvalue weighted by atomic mass is 14.9. The van der Waals surface area contributed by atoms with Crippen molar-refractivity contribution in [3.8, 4) is 0 Å². The second kappa shape index (κ2) is 4.30. The molecule has 1 fully saturated rings. The maximum atomic E-state index is 4.32. The lowest BCUT2D eigenvalue weighted by atomic mass is 9.66. The molecule has 2 aliphatic rings. The minimum Gasteiger partial charge on any atom is -0.317 e. The van der Waals surface area contributed by atoms with E-state index < -0.39 is 0 Å². The summed E-state index contributed by atoms with van der Waals surface area (Å²) in [4.78, 5) is 0. The Hall–Kier alpha value is -1.08. The third kappa shape index (κ3) is 2.04. The summed E-state index contributed by atoms with van der Waals surface area (Å²) < 4.78 is 0. The molecule has 0 bridgehead atoms. The summed E-state index contributed by atoms with van der Waals surface area (Å²) >= 11 is 0. The average molecular weight is 227 g/mol. The number of rotatable bonds is 0. The van der Waals surface area contributed by atoms with Gasteiger partial charge in [-0.05, 0) is 67.3 Å². The minimum atomic E-state index is 0.495. The van der Waals surface area contributed by atoms with Gasteiger partial charge in [0.15, 0.2) is 0 Å². The maximum Gasteiger partial charge on any atom is -0.00434 e. The molecule has 1 aliphatic heterocycles. The van der Waals surface area contributed by atoms with Crippen LogP contribution in [0.3, 0.4) is 0 Å². The van der Waals surface area contributed by atoms with Crippen LogP contribution in [0.15, 0.2) is 30.8 Å². The summed E-state index contributed by atoms with van der Waals surface area (Å²) in [5, 5.41) is 3.53. The van der Waals surface area contributed by atoms with E-state index in [1.807, 2.05) is 0 Å². The van der Waals surface area contributed by atoms with Gasteiger partial charge in [-0.2, -0.15) is 0 Å². The van der Waals surface area contributed by atoms with Crippen molar-refractivity contribution in [3.05, 3.63) is 42.0 Å². The molecule has 1 aromatic carbocycles. The van der Waals surface area contributed by atoms with Crippen LogP contribution in [-0.2, 0) is 6.42 Å². The Morgan fingerprint density at radius 1 is 1.06 bits per heavy atom. The smallest absolute Gasteiger partial charge is 0.00434 e. The van der Waals surface area contributed by atoms with Crippen molar-refractivity contribution in [1.82, 2.24) is 5.32 Å². The molecule has 1 aromatic rings. The molecule has 1 atom stereocenters. The second-order valence-electron chi connectivity index (χ2n) is 5.72. The highest BCUT2D eigenvalue weighted by Gasteiger charge is 2.35. The van der Waals surface area contributed by atoms with Crippen LogP contribution in [0.1, 0.15) is 36.8 Å². The van der Waals surface area contributed by atoms with Gasteiger partial charge in [0.1, 0.15) is 0 Å². The van der Waals surface area contributed by atoms with Gasteiger partial charge in [0.05, 0.1) is 0 Å². The van der Waals surface area contributed by atoms with E-state index in [9.17, 15) is 0 Å². The third-order valence-corrected chi connectivity index (χ3v) is 4.44. The summed E-state index contributed by atoms with van der Waals surface area (Å²) in [6.45, 7) is 6.68. The fraction of sp³-hybridized carbons (Fsp3) is 0.500. The lowest BCUT2D eigenvalue weighted by molar-refractivity contribution is 0.250. The van der Waals surface area contributed by atoms with Crippen molar-refractivity contribution >= 4 is 5.57 Å². The lowest BCUT2D eigenvalue weighted by Crippen LogP contribution is -2.29. The molecule has 1 saturated heterocycles. The normalized spacial score (nSPS) is 28.8. The van der Waals surface area contributed by atoms with Crippen molar-refractivity contribution in [2.45, 2.75) is 32.1 Å². The summed E-state index contributed by atoms with van der Waals surface area (Å²) in [5.41, 5.74) is 4.78. The van der Waals surface area contributed by atoms with Crippen molar-refractivity contribution in [1.29, 1.82) is 0 Å². The van der Waals surface area contributed by atoms with Crippen LogP contribution in [0.5, 0.6) is 0 Å². The molecule has 1 spiro atoms. The highest BCUT2D eigenvalue weighted by molar-refractivity contribution is 5.69. The molecule has 1 unspecified atom stereocenters. The zero-order valence-electron chi connectivity index (χ0n) is 10.5. The SMILES string of the molecule is C=C1CC2(CCCNCC2)Cc2ccccc21. The molecule has 0 amide bonds. The van der Waals surface area contributed by atoms with Crippen LogP contribution in [-0.4, -0.2) is 13.1 Å². The van der Waals surface area contributed by atoms with Crippen LogP contribution in [0, 0.1) is 5.41 Å². The molecule has 0 saturated carbocycles. The van der Waals surface area contributed by atoms with E-state index in [4.69, 9.17) is 0 Å². The van der Waals surface area contributed by atoms with Crippen LogP contribution in [0.25, 0.3) is 5.57 Å². The van der Waals surface area contributed by atoms with Crippen LogP contribution < -0.4 is 5.32 Å². The van der Waals surface area contributed by atoms with Crippen molar-refractivity contribution in [3.63, 3.8) is 0 Å². The topological polar surface area (TPSA) is 12.0 Å². The molecule has 17 heavy (non-hydrogen) atoms. The summed E-state index contributed by atoms with van der Waals surface area (Å²) in [7, 11) is 0. The van der Waals surface area contributed by atoms with Gasteiger partial charge >= 0.3 is 0 Å². The number of hydrogen-bond donors (Lipinski definition) is 1. The molecular weight excluding hydrogens is 206 g/mol. The van der Waals surface area contributed by atoms with Crippen molar-refractivity contribution in [2.75, 3.05) is 13.1 Å². The van der Waals surface area contributed by atoms with Gasteiger partial charge in [0.2, 0.25) is 0 Å². The number of fused-ring (bicyclic) bond motifs is 1.